The number of nitrogens with two attached hydrogens (primary N) is 1. The Bertz CT molecular complexity index is 531. The van der Waals surface area contributed by atoms with E-state index in [4.69, 9.17) is 5.73 Å². The lowest BCUT2D eigenvalue weighted by Crippen LogP contribution is -2.04. The summed E-state index contributed by atoms with van der Waals surface area (Å²) in [6.07, 6.45) is 1.84. The molecule has 0 aliphatic heterocycles. The molecule has 2 N–H and O–H groups in total. The van der Waals surface area contributed by atoms with Gasteiger partial charge in [0, 0.05) is 0 Å². The molecule has 0 saturated heterocycles. The number of thioether (sulfide) groups is 1. The predicted octanol–water partition coefficient (Wildman–Crippen LogP) is 3.18. The molecule has 0 unspecified atom stereocenters. The third kappa shape index (κ3) is 2.31. The minimum atomic E-state index is 0.726. The van der Waals surface area contributed by atoms with Crippen molar-refractivity contribution >= 4 is 17.6 Å². The van der Waals surface area contributed by atoms with Crippen LogP contribution in [-0.2, 0) is 0 Å². The zero-order chi connectivity index (χ0) is 12.4. The van der Waals surface area contributed by atoms with E-state index in [-0.39, 0.29) is 0 Å². The summed E-state index contributed by atoms with van der Waals surface area (Å²) in [4.78, 5) is 1.05. The molecule has 0 spiro atoms. The summed E-state index contributed by atoms with van der Waals surface area (Å²) >= 11 is 1.72. The SMILES string of the molecule is CCSc1cnn(-c2ccc(C)cc2C)c1N. The third-order valence-corrected chi connectivity index (χ3v) is 3.57. The standard InChI is InChI=1S/C13H17N3S/c1-4-17-12-8-15-16(13(12)14)11-6-5-9(2)7-10(11)3/h5-8H,4,14H2,1-3H3. The molecule has 0 bridgehead atoms. The molecule has 2 aromatic rings. The van der Waals surface area contributed by atoms with Gasteiger partial charge in [0.2, 0.25) is 0 Å². The first-order valence-corrected chi connectivity index (χ1v) is 6.66. The third-order valence-electron chi connectivity index (χ3n) is 2.65. The van der Waals surface area contributed by atoms with Crippen molar-refractivity contribution in [2.75, 3.05) is 11.5 Å². The maximum absolute atomic E-state index is 6.11. The largest absolute Gasteiger partial charge is 0.383 e. The number of aromatic nitrogens is 2. The predicted molar refractivity (Wildman–Crippen MR) is 73.8 cm³/mol. The van der Waals surface area contributed by atoms with Crippen molar-refractivity contribution in [3.05, 3.63) is 35.5 Å². The second-order valence-corrected chi connectivity index (χ2v) is 5.33. The number of rotatable bonds is 3. The van der Waals surface area contributed by atoms with Gasteiger partial charge in [-0.2, -0.15) is 5.10 Å². The van der Waals surface area contributed by atoms with E-state index in [9.17, 15) is 0 Å². The second-order valence-electron chi connectivity index (χ2n) is 4.03. The maximum Gasteiger partial charge on any atom is 0.140 e. The number of aryl methyl sites for hydroxylation is 2. The van der Waals surface area contributed by atoms with Crippen molar-refractivity contribution in [2.45, 2.75) is 25.7 Å². The van der Waals surface area contributed by atoms with Gasteiger partial charge in [0.1, 0.15) is 5.82 Å². The van der Waals surface area contributed by atoms with Crippen LogP contribution in [0.1, 0.15) is 18.1 Å². The fraction of sp³-hybridized carbons (Fsp3) is 0.308. The molecule has 4 heteroatoms. The quantitative estimate of drug-likeness (QED) is 0.847. The maximum atomic E-state index is 6.11. The summed E-state index contributed by atoms with van der Waals surface area (Å²) in [6, 6.07) is 6.29. The Kier molecular flexibility index (Phi) is 3.43. The van der Waals surface area contributed by atoms with E-state index in [1.807, 2.05) is 10.9 Å². The lowest BCUT2D eigenvalue weighted by Gasteiger charge is -2.09. The lowest BCUT2D eigenvalue weighted by molar-refractivity contribution is 0.882. The summed E-state index contributed by atoms with van der Waals surface area (Å²) in [6.45, 7) is 6.27. The van der Waals surface area contributed by atoms with Crippen molar-refractivity contribution < 1.29 is 0 Å². The number of hydrogen-bond donors (Lipinski definition) is 1. The summed E-state index contributed by atoms with van der Waals surface area (Å²) in [7, 11) is 0. The van der Waals surface area contributed by atoms with Crippen molar-refractivity contribution in [3.63, 3.8) is 0 Å². The Labute approximate surface area is 106 Å². The van der Waals surface area contributed by atoms with E-state index in [1.165, 1.54) is 11.1 Å². The van der Waals surface area contributed by atoms with Crippen LogP contribution < -0.4 is 5.73 Å². The Morgan fingerprint density at radius 3 is 2.76 bits per heavy atom. The summed E-state index contributed by atoms with van der Waals surface area (Å²) in [5, 5.41) is 4.37. The number of benzene rings is 1. The number of hydrogen-bond acceptors (Lipinski definition) is 3. The highest BCUT2D eigenvalue weighted by molar-refractivity contribution is 7.99. The van der Waals surface area contributed by atoms with Gasteiger partial charge in [0.25, 0.3) is 0 Å². The molecule has 17 heavy (non-hydrogen) atoms. The van der Waals surface area contributed by atoms with Crippen LogP contribution in [0.3, 0.4) is 0 Å². The van der Waals surface area contributed by atoms with Gasteiger partial charge in [0.15, 0.2) is 0 Å². The van der Waals surface area contributed by atoms with Gasteiger partial charge in [-0.15, -0.1) is 11.8 Å². The highest BCUT2D eigenvalue weighted by atomic mass is 32.2. The lowest BCUT2D eigenvalue weighted by atomic mass is 10.1. The molecule has 0 aliphatic rings. The van der Waals surface area contributed by atoms with Crippen LogP contribution in [0.2, 0.25) is 0 Å². The Morgan fingerprint density at radius 1 is 1.35 bits per heavy atom. The molecule has 1 aromatic heterocycles. The minimum absolute atomic E-state index is 0.726. The zero-order valence-corrected chi connectivity index (χ0v) is 11.2. The molecule has 90 valence electrons. The fourth-order valence-corrected chi connectivity index (χ4v) is 2.51. The van der Waals surface area contributed by atoms with Gasteiger partial charge < -0.3 is 5.73 Å². The molecule has 1 aromatic carbocycles. The first-order chi connectivity index (χ1) is 8.13. The van der Waals surface area contributed by atoms with Crippen LogP contribution in [0, 0.1) is 13.8 Å². The van der Waals surface area contributed by atoms with Crippen LogP contribution in [0.5, 0.6) is 0 Å². The van der Waals surface area contributed by atoms with Gasteiger partial charge in [-0.1, -0.05) is 24.6 Å². The van der Waals surface area contributed by atoms with Crippen LogP contribution in [0.25, 0.3) is 5.69 Å². The molecular formula is C13H17N3S. The second kappa shape index (κ2) is 4.84. The van der Waals surface area contributed by atoms with E-state index >= 15 is 0 Å². The van der Waals surface area contributed by atoms with Gasteiger partial charge in [-0.3, -0.25) is 0 Å². The molecule has 0 atom stereocenters. The molecule has 0 radical (unpaired) electrons. The summed E-state index contributed by atoms with van der Waals surface area (Å²) < 4.78 is 1.81. The summed E-state index contributed by atoms with van der Waals surface area (Å²) in [5.74, 6) is 1.73. The molecule has 0 saturated carbocycles. The van der Waals surface area contributed by atoms with Crippen molar-refractivity contribution in [1.29, 1.82) is 0 Å². The van der Waals surface area contributed by atoms with Gasteiger partial charge >= 0.3 is 0 Å². The first-order valence-electron chi connectivity index (χ1n) is 5.67. The average molecular weight is 247 g/mol. The normalized spacial score (nSPS) is 10.8. The zero-order valence-electron chi connectivity index (χ0n) is 10.4. The van der Waals surface area contributed by atoms with Crippen LogP contribution in [0.15, 0.2) is 29.3 Å². The molecule has 0 fully saturated rings. The van der Waals surface area contributed by atoms with Crippen LogP contribution >= 0.6 is 11.8 Å². The summed E-state index contributed by atoms with van der Waals surface area (Å²) in [5.41, 5.74) is 9.60. The van der Waals surface area contributed by atoms with E-state index in [1.54, 1.807) is 11.8 Å². The van der Waals surface area contributed by atoms with E-state index in [0.717, 1.165) is 22.2 Å². The molecule has 2 rings (SSSR count). The highest BCUT2D eigenvalue weighted by Gasteiger charge is 2.10. The topological polar surface area (TPSA) is 43.8 Å². The molecule has 1 heterocycles. The molecular weight excluding hydrogens is 230 g/mol. The number of anilines is 1. The first kappa shape index (κ1) is 12.0. The molecule has 3 nitrogen and oxygen atoms in total. The Hall–Kier alpha value is -1.42. The molecule has 0 aliphatic carbocycles. The highest BCUT2D eigenvalue weighted by Crippen LogP contribution is 2.27. The van der Waals surface area contributed by atoms with Crippen LogP contribution in [-0.4, -0.2) is 15.5 Å². The number of nitrogen functional groups attached to an aromatic ring is 1. The van der Waals surface area contributed by atoms with Crippen molar-refractivity contribution in [1.82, 2.24) is 9.78 Å². The molecule has 0 amide bonds. The van der Waals surface area contributed by atoms with E-state index in [0.29, 0.717) is 0 Å². The van der Waals surface area contributed by atoms with Crippen molar-refractivity contribution in [3.8, 4) is 5.69 Å². The average Bonchev–Trinajstić information content (AvgIpc) is 2.62. The van der Waals surface area contributed by atoms with Gasteiger partial charge in [-0.05, 0) is 31.2 Å². The van der Waals surface area contributed by atoms with E-state index < -0.39 is 0 Å². The van der Waals surface area contributed by atoms with E-state index in [2.05, 4.69) is 44.1 Å². The number of nitrogens with zero attached hydrogens (tertiary/aromatic N) is 2. The Balaban J connectivity index is 2.46. The van der Waals surface area contributed by atoms with Crippen molar-refractivity contribution in [2.24, 2.45) is 0 Å². The fourth-order valence-electron chi connectivity index (χ4n) is 1.84. The monoisotopic (exact) mass is 247 g/mol. The Morgan fingerprint density at radius 2 is 2.12 bits per heavy atom. The van der Waals surface area contributed by atoms with Crippen LogP contribution in [0.4, 0.5) is 5.82 Å². The van der Waals surface area contributed by atoms with Gasteiger partial charge in [0.05, 0.1) is 16.8 Å². The minimum Gasteiger partial charge on any atom is -0.383 e. The van der Waals surface area contributed by atoms with Gasteiger partial charge in [-0.25, -0.2) is 4.68 Å². The smallest absolute Gasteiger partial charge is 0.140 e.